The zero-order chi connectivity index (χ0) is 24.8. The molecule has 1 aromatic heterocycles. The van der Waals surface area contributed by atoms with Gasteiger partial charge in [-0.05, 0) is 36.5 Å². The van der Waals surface area contributed by atoms with Gasteiger partial charge in [-0.1, -0.05) is 26.0 Å². The summed E-state index contributed by atoms with van der Waals surface area (Å²) in [6.45, 7) is 3.45. The fourth-order valence-corrected chi connectivity index (χ4v) is 2.82. The Kier molecular flexibility index (Phi) is 7.74. The number of nitrogens with zero attached hydrogens (tertiary/aromatic N) is 3. The summed E-state index contributed by atoms with van der Waals surface area (Å²) in [5.41, 5.74) is -0.491. The van der Waals surface area contributed by atoms with Crippen molar-refractivity contribution in [3.05, 3.63) is 59.7 Å². The Balaban J connectivity index is 2.23. The molecule has 1 atom stereocenters. The Morgan fingerprint density at radius 1 is 1.19 bits per heavy atom. The van der Waals surface area contributed by atoms with Gasteiger partial charge in [0.15, 0.2) is 7.45 Å². The van der Waals surface area contributed by atoms with Gasteiger partial charge in [0, 0.05) is 18.8 Å². The predicted molar refractivity (Wildman–Crippen MR) is 107 cm³/mol. The van der Waals surface area contributed by atoms with Crippen LogP contribution in [0.1, 0.15) is 48.3 Å². The lowest BCUT2D eigenvalue weighted by atomic mass is 10.0. The number of carbonyl (C=O) groups excluding carboxylic acids is 2. The van der Waals surface area contributed by atoms with Gasteiger partial charge in [0.05, 0.1) is 11.8 Å². The first-order valence-electron chi connectivity index (χ1n) is 10.2. The van der Waals surface area contributed by atoms with Crippen LogP contribution in [0.5, 0.6) is 0 Å². The topological polar surface area (TPSA) is 112 Å². The molecule has 0 radical (unpaired) electrons. The molecule has 0 aliphatic rings. The molecular formula is C21H23F3N4O4. The smallest absolute Gasteiger partial charge is 0.416 e. The number of hydrogen-bond acceptors (Lipinski definition) is 5. The minimum Gasteiger partial charge on any atom is -0.480 e. The number of benzene rings is 1. The molecule has 2 amide bonds. The maximum absolute atomic E-state index is 13.0. The van der Waals surface area contributed by atoms with E-state index in [4.69, 9.17) is 1.41 Å². The number of aryl methyl sites for hydroxylation is 1. The lowest BCUT2D eigenvalue weighted by molar-refractivity contribution is -0.145. The largest absolute Gasteiger partial charge is 0.480 e. The van der Waals surface area contributed by atoms with E-state index in [1.165, 1.54) is 24.5 Å². The van der Waals surface area contributed by atoms with E-state index in [2.05, 4.69) is 9.97 Å². The van der Waals surface area contributed by atoms with Crippen molar-refractivity contribution in [2.24, 2.45) is 5.92 Å². The standard InChI is InChI=1S/C21H23F3N4O4/c1-13(2)11-17(20(31)32)28(19(30)16-12-25-9-10-26-16)27-18(29)8-5-14-3-6-15(7-4-14)21(22,23)24/h3-4,6-7,9-10,12-13,17H,5,8,11H2,1-2H3,(H,27,29)(H,31,32)/t17-/m0/s1/i/hD. The summed E-state index contributed by atoms with van der Waals surface area (Å²) in [6.07, 6.45) is -1.28. The zero-order valence-corrected chi connectivity index (χ0v) is 17.4. The Morgan fingerprint density at radius 3 is 2.34 bits per heavy atom. The van der Waals surface area contributed by atoms with Crippen molar-refractivity contribution >= 4 is 17.8 Å². The lowest BCUT2D eigenvalue weighted by Crippen LogP contribution is -2.55. The van der Waals surface area contributed by atoms with Gasteiger partial charge < -0.3 is 5.11 Å². The average molecular weight is 453 g/mol. The second kappa shape index (κ2) is 10.7. The molecule has 1 aromatic carbocycles. The summed E-state index contributed by atoms with van der Waals surface area (Å²) >= 11 is 0. The molecule has 8 nitrogen and oxygen atoms in total. The summed E-state index contributed by atoms with van der Waals surface area (Å²) in [6, 6.07) is 2.67. The number of aromatic nitrogens is 2. The van der Waals surface area contributed by atoms with Crippen LogP contribution in [0.15, 0.2) is 42.9 Å². The van der Waals surface area contributed by atoms with Crippen molar-refractivity contribution < 1.29 is 34.1 Å². The summed E-state index contributed by atoms with van der Waals surface area (Å²) in [5.74, 6) is -3.50. The van der Waals surface area contributed by atoms with Crippen LogP contribution in [0.25, 0.3) is 0 Å². The van der Waals surface area contributed by atoms with Crippen molar-refractivity contribution in [1.29, 1.82) is 0 Å². The van der Waals surface area contributed by atoms with Crippen LogP contribution in [0.2, 0.25) is 1.41 Å². The maximum Gasteiger partial charge on any atom is 0.416 e. The highest BCUT2D eigenvalue weighted by atomic mass is 19.4. The molecule has 32 heavy (non-hydrogen) atoms. The van der Waals surface area contributed by atoms with Crippen molar-refractivity contribution in [2.45, 2.75) is 45.3 Å². The summed E-state index contributed by atoms with van der Waals surface area (Å²) in [5, 5.41) is 10.2. The van der Waals surface area contributed by atoms with E-state index < -0.39 is 35.6 Å². The average Bonchev–Trinajstić information content (AvgIpc) is 2.76. The Morgan fingerprint density at radius 2 is 1.84 bits per heavy atom. The second-order valence-corrected chi connectivity index (χ2v) is 7.41. The Hall–Kier alpha value is -3.50. The molecule has 0 bridgehead atoms. The van der Waals surface area contributed by atoms with Gasteiger partial charge in [0.2, 0.25) is 5.91 Å². The molecule has 0 unspecified atom stereocenters. The zero-order valence-electron chi connectivity index (χ0n) is 18.4. The normalized spacial score (nSPS) is 12.8. The second-order valence-electron chi connectivity index (χ2n) is 7.41. The maximum atomic E-state index is 13.0. The third-order valence-corrected chi connectivity index (χ3v) is 4.39. The summed E-state index contributed by atoms with van der Waals surface area (Å²) in [7, 11) is 0. The number of rotatable bonds is 8. The van der Waals surface area contributed by atoms with E-state index in [1.807, 2.05) is 0 Å². The van der Waals surface area contributed by atoms with Crippen LogP contribution in [-0.4, -0.2) is 43.9 Å². The number of carbonyl (C=O) groups is 3. The van der Waals surface area contributed by atoms with Crippen molar-refractivity contribution in [1.82, 2.24) is 20.4 Å². The number of hydrogen-bond donors (Lipinski definition) is 2. The summed E-state index contributed by atoms with van der Waals surface area (Å²) < 4.78 is 46.3. The molecule has 172 valence electrons. The molecule has 0 aliphatic heterocycles. The minimum atomic E-state index is -4.49. The van der Waals surface area contributed by atoms with E-state index in [1.54, 1.807) is 13.8 Å². The first-order chi connectivity index (χ1) is 15.4. The van der Waals surface area contributed by atoms with Crippen LogP contribution in [-0.2, 0) is 22.2 Å². The van der Waals surface area contributed by atoms with Gasteiger partial charge in [-0.15, -0.1) is 0 Å². The van der Waals surface area contributed by atoms with Gasteiger partial charge in [-0.2, -0.15) is 13.2 Å². The van der Waals surface area contributed by atoms with E-state index in [0.717, 1.165) is 18.3 Å². The number of carboxylic acid groups (broad SMARTS) is 1. The number of amides is 2. The minimum absolute atomic E-state index is 0.0125. The first-order valence-corrected chi connectivity index (χ1v) is 9.72. The van der Waals surface area contributed by atoms with Gasteiger partial charge in [0.25, 0.3) is 5.91 Å². The Bertz CT molecular complexity index is 972. The van der Waals surface area contributed by atoms with Crippen LogP contribution in [0, 0.1) is 5.92 Å². The van der Waals surface area contributed by atoms with Gasteiger partial charge >= 0.3 is 12.1 Å². The number of aliphatic carboxylic acids is 1. The molecule has 2 rings (SSSR count). The van der Waals surface area contributed by atoms with Crippen molar-refractivity contribution in [3.63, 3.8) is 0 Å². The number of hydrazine groups is 1. The first kappa shape index (κ1) is 23.2. The molecule has 0 saturated heterocycles. The van der Waals surface area contributed by atoms with Crippen LogP contribution in [0.3, 0.4) is 0 Å². The van der Waals surface area contributed by atoms with Gasteiger partial charge in [0.1, 0.15) is 5.69 Å². The SMILES string of the molecule is [2H]N(C(=O)CCc1ccc(C(F)(F)F)cc1)N(C(=O)c1cnccn1)[C@@H](CC(C)C)C(=O)O. The highest BCUT2D eigenvalue weighted by molar-refractivity contribution is 5.96. The highest BCUT2D eigenvalue weighted by Gasteiger charge is 2.33. The molecule has 0 saturated carbocycles. The number of carboxylic acids is 1. The predicted octanol–water partition coefficient (Wildman–Crippen LogP) is 3.10. The molecular weight excluding hydrogens is 429 g/mol. The molecule has 2 N–H and O–H groups in total. The van der Waals surface area contributed by atoms with Crippen LogP contribution < -0.4 is 5.42 Å². The van der Waals surface area contributed by atoms with Crippen LogP contribution >= 0.6 is 0 Å². The van der Waals surface area contributed by atoms with Gasteiger partial charge in [-0.25, -0.2) is 14.8 Å². The Labute approximate surface area is 183 Å². The highest BCUT2D eigenvalue weighted by Crippen LogP contribution is 2.29. The number of alkyl halides is 3. The lowest BCUT2D eigenvalue weighted by Gasteiger charge is -2.29. The summed E-state index contributed by atoms with van der Waals surface area (Å²) in [4.78, 5) is 45.1. The molecule has 0 fully saturated rings. The molecule has 0 spiro atoms. The van der Waals surface area contributed by atoms with E-state index >= 15 is 0 Å². The number of nitrogens with one attached hydrogen (secondary N) is 1. The monoisotopic (exact) mass is 453 g/mol. The molecule has 2 aromatic rings. The van der Waals surface area contributed by atoms with Crippen LogP contribution in [0.4, 0.5) is 13.2 Å². The third-order valence-electron chi connectivity index (χ3n) is 4.39. The van der Waals surface area contributed by atoms with E-state index in [9.17, 15) is 32.7 Å². The fraction of sp³-hybridized carbons (Fsp3) is 0.381. The molecule has 1 heterocycles. The van der Waals surface area contributed by atoms with Gasteiger partial charge in [-0.3, -0.25) is 20.0 Å². The molecule has 11 heteroatoms. The van der Waals surface area contributed by atoms with Crippen molar-refractivity contribution in [3.8, 4) is 0 Å². The number of halogens is 3. The fourth-order valence-electron chi connectivity index (χ4n) is 2.82. The third kappa shape index (κ3) is 7.03. The van der Waals surface area contributed by atoms with E-state index in [-0.39, 0.29) is 36.3 Å². The van der Waals surface area contributed by atoms with Crippen molar-refractivity contribution in [2.75, 3.05) is 0 Å². The quantitative estimate of drug-likeness (QED) is 0.594. The molecule has 0 aliphatic carbocycles. The van der Waals surface area contributed by atoms with E-state index in [0.29, 0.717) is 10.6 Å².